The average molecular weight is 356 g/mol. The van der Waals surface area contributed by atoms with Crippen molar-refractivity contribution in [3.8, 4) is 11.1 Å². The van der Waals surface area contributed by atoms with Crippen LogP contribution in [0.3, 0.4) is 0 Å². The van der Waals surface area contributed by atoms with Crippen LogP contribution < -0.4 is 4.90 Å². The smallest absolute Gasteiger partial charge is 0.412 e. The number of piperidine rings is 1. The van der Waals surface area contributed by atoms with Crippen molar-refractivity contribution >= 4 is 23.1 Å². The van der Waals surface area contributed by atoms with Crippen LogP contribution in [0.1, 0.15) is 31.2 Å². The van der Waals surface area contributed by atoms with E-state index in [1.807, 2.05) is 17.5 Å². The normalized spacial score (nSPS) is 25.9. The van der Waals surface area contributed by atoms with Gasteiger partial charge in [0.25, 0.3) is 0 Å². The van der Waals surface area contributed by atoms with E-state index < -0.39 is 6.09 Å². The third-order valence-electron chi connectivity index (χ3n) is 5.89. The first kappa shape index (κ1) is 16.6. The van der Waals surface area contributed by atoms with Crippen molar-refractivity contribution in [3.05, 3.63) is 40.6 Å². The van der Waals surface area contributed by atoms with Gasteiger partial charge in [0.15, 0.2) is 0 Å². The Hall–Kier alpha value is -1.85. The van der Waals surface area contributed by atoms with Crippen LogP contribution in [0.25, 0.3) is 11.1 Å². The van der Waals surface area contributed by atoms with Gasteiger partial charge < -0.3 is 10.0 Å². The number of rotatable bonds is 3. The molecule has 1 aromatic heterocycles. The van der Waals surface area contributed by atoms with Crippen molar-refractivity contribution in [2.75, 3.05) is 11.9 Å². The minimum Gasteiger partial charge on any atom is -0.465 e. The summed E-state index contributed by atoms with van der Waals surface area (Å²) in [5.74, 6) is 0. The van der Waals surface area contributed by atoms with Gasteiger partial charge in [0, 0.05) is 23.7 Å². The molecular formula is C20H24N2O2S. The third-order valence-corrected chi connectivity index (χ3v) is 6.57. The van der Waals surface area contributed by atoms with Crippen LogP contribution in [-0.4, -0.2) is 41.3 Å². The number of hydrogen-bond acceptors (Lipinski definition) is 3. The summed E-state index contributed by atoms with van der Waals surface area (Å²) in [6.07, 6.45) is 3.40. The van der Waals surface area contributed by atoms with Gasteiger partial charge in [0.05, 0.1) is 5.69 Å². The van der Waals surface area contributed by atoms with E-state index in [-0.39, 0.29) is 6.04 Å². The molecule has 1 N–H and O–H groups in total. The van der Waals surface area contributed by atoms with E-state index in [0.29, 0.717) is 12.1 Å². The average Bonchev–Trinajstić information content (AvgIpc) is 3.16. The summed E-state index contributed by atoms with van der Waals surface area (Å²) in [6, 6.07) is 9.27. The number of nitrogens with zero attached hydrogens (tertiary/aromatic N) is 2. The minimum absolute atomic E-state index is 0.0614. The van der Waals surface area contributed by atoms with Crippen molar-refractivity contribution in [2.45, 2.75) is 50.7 Å². The Morgan fingerprint density at radius 3 is 2.56 bits per heavy atom. The van der Waals surface area contributed by atoms with E-state index in [2.05, 4.69) is 36.4 Å². The van der Waals surface area contributed by atoms with E-state index in [1.165, 1.54) is 12.8 Å². The van der Waals surface area contributed by atoms with Crippen LogP contribution in [0.15, 0.2) is 35.0 Å². The first-order chi connectivity index (χ1) is 12.0. The van der Waals surface area contributed by atoms with Gasteiger partial charge in [0.2, 0.25) is 0 Å². The molecule has 0 spiro atoms. The first-order valence-corrected chi connectivity index (χ1v) is 9.86. The highest BCUT2D eigenvalue weighted by atomic mass is 32.1. The molecular weight excluding hydrogens is 332 g/mol. The fraction of sp³-hybridized carbons (Fsp3) is 0.450. The number of fused-ring (bicyclic) bond motifs is 2. The molecule has 0 radical (unpaired) electrons. The van der Waals surface area contributed by atoms with Crippen molar-refractivity contribution in [3.63, 3.8) is 0 Å². The standard InChI is InChI=1S/C20H24N2O2S/c1-13-3-6-19(18(9-13)14-7-8-25-12-14)22(20(23)24)17-10-15-4-5-16(11-17)21(15)2/h3,6-9,12,15-17H,4-5,10-11H2,1-2H3,(H,23,24)/t15-,16+,17?. The maximum Gasteiger partial charge on any atom is 0.412 e. The van der Waals surface area contributed by atoms with Gasteiger partial charge in [-0.15, -0.1) is 0 Å². The molecule has 25 heavy (non-hydrogen) atoms. The SMILES string of the molecule is Cc1ccc(N(C(=O)O)C2C[C@H]3CC[C@@H](C2)N3C)c(-c2ccsc2)c1. The van der Waals surface area contributed by atoms with E-state index in [1.54, 1.807) is 16.2 Å². The van der Waals surface area contributed by atoms with Crippen LogP contribution in [0.2, 0.25) is 0 Å². The molecule has 4 rings (SSSR count). The summed E-state index contributed by atoms with van der Waals surface area (Å²) in [4.78, 5) is 16.3. The second kappa shape index (κ2) is 6.46. The van der Waals surface area contributed by atoms with E-state index >= 15 is 0 Å². The lowest BCUT2D eigenvalue weighted by Crippen LogP contribution is -2.50. The Morgan fingerprint density at radius 1 is 1.24 bits per heavy atom. The van der Waals surface area contributed by atoms with Gasteiger partial charge in [-0.1, -0.05) is 11.6 Å². The molecule has 2 aliphatic rings. The highest BCUT2D eigenvalue weighted by molar-refractivity contribution is 7.08. The lowest BCUT2D eigenvalue weighted by atomic mass is 9.94. The molecule has 1 unspecified atom stereocenters. The van der Waals surface area contributed by atoms with Gasteiger partial charge >= 0.3 is 6.09 Å². The molecule has 2 aliphatic heterocycles. The zero-order chi connectivity index (χ0) is 17.6. The molecule has 5 heteroatoms. The summed E-state index contributed by atoms with van der Waals surface area (Å²) in [7, 11) is 2.19. The molecule has 2 bridgehead atoms. The monoisotopic (exact) mass is 356 g/mol. The Balaban J connectivity index is 1.74. The largest absolute Gasteiger partial charge is 0.465 e. The lowest BCUT2D eigenvalue weighted by Gasteiger charge is -2.41. The van der Waals surface area contributed by atoms with Gasteiger partial charge in [0.1, 0.15) is 0 Å². The summed E-state index contributed by atoms with van der Waals surface area (Å²) < 4.78 is 0. The molecule has 2 aromatic rings. The Kier molecular flexibility index (Phi) is 4.29. The van der Waals surface area contributed by atoms with Crippen molar-refractivity contribution in [1.82, 2.24) is 4.90 Å². The highest BCUT2D eigenvalue weighted by Gasteiger charge is 2.42. The molecule has 2 fully saturated rings. The Morgan fingerprint density at radius 2 is 1.96 bits per heavy atom. The fourth-order valence-electron chi connectivity index (χ4n) is 4.56. The van der Waals surface area contributed by atoms with E-state index in [0.717, 1.165) is 35.2 Å². The van der Waals surface area contributed by atoms with Crippen molar-refractivity contribution in [1.29, 1.82) is 0 Å². The number of aryl methyl sites for hydroxylation is 1. The van der Waals surface area contributed by atoms with Gasteiger partial charge in [-0.3, -0.25) is 4.90 Å². The van der Waals surface area contributed by atoms with Crippen LogP contribution >= 0.6 is 11.3 Å². The number of amides is 1. The molecule has 0 saturated carbocycles. The van der Waals surface area contributed by atoms with Crippen LogP contribution in [0, 0.1) is 6.92 Å². The topological polar surface area (TPSA) is 43.8 Å². The van der Waals surface area contributed by atoms with Crippen LogP contribution in [0.5, 0.6) is 0 Å². The maximum absolute atomic E-state index is 12.2. The molecule has 4 nitrogen and oxygen atoms in total. The summed E-state index contributed by atoms with van der Waals surface area (Å²) in [5.41, 5.74) is 4.10. The summed E-state index contributed by atoms with van der Waals surface area (Å²) in [6.45, 7) is 2.06. The summed E-state index contributed by atoms with van der Waals surface area (Å²) in [5, 5.41) is 14.2. The fourth-order valence-corrected chi connectivity index (χ4v) is 5.21. The predicted octanol–water partition coefficient (Wildman–Crippen LogP) is 4.83. The van der Waals surface area contributed by atoms with Crippen LogP contribution in [0.4, 0.5) is 10.5 Å². The molecule has 1 aromatic carbocycles. The number of benzene rings is 1. The molecule has 3 heterocycles. The van der Waals surface area contributed by atoms with Gasteiger partial charge in [-0.25, -0.2) is 4.79 Å². The molecule has 3 atom stereocenters. The zero-order valence-electron chi connectivity index (χ0n) is 14.7. The second-order valence-electron chi connectivity index (χ2n) is 7.36. The summed E-state index contributed by atoms with van der Waals surface area (Å²) >= 11 is 1.64. The van der Waals surface area contributed by atoms with E-state index in [9.17, 15) is 9.90 Å². The van der Waals surface area contributed by atoms with Crippen LogP contribution in [-0.2, 0) is 0 Å². The first-order valence-electron chi connectivity index (χ1n) is 8.92. The molecule has 1 amide bonds. The lowest BCUT2D eigenvalue weighted by molar-refractivity contribution is 0.151. The van der Waals surface area contributed by atoms with E-state index in [4.69, 9.17) is 0 Å². The number of carboxylic acid groups (broad SMARTS) is 1. The van der Waals surface area contributed by atoms with Crippen molar-refractivity contribution in [2.24, 2.45) is 0 Å². The quantitative estimate of drug-likeness (QED) is 0.856. The predicted molar refractivity (Wildman–Crippen MR) is 103 cm³/mol. The minimum atomic E-state index is -0.839. The number of hydrogen-bond donors (Lipinski definition) is 1. The number of thiophene rings is 1. The highest BCUT2D eigenvalue weighted by Crippen LogP contribution is 2.40. The number of anilines is 1. The zero-order valence-corrected chi connectivity index (χ0v) is 15.5. The maximum atomic E-state index is 12.2. The molecule has 2 saturated heterocycles. The third kappa shape index (κ3) is 2.96. The Labute approximate surface area is 152 Å². The molecule has 132 valence electrons. The Bertz CT molecular complexity index is 760. The number of carbonyl (C=O) groups is 1. The van der Waals surface area contributed by atoms with Gasteiger partial charge in [-0.05, 0) is 74.2 Å². The van der Waals surface area contributed by atoms with Crippen molar-refractivity contribution < 1.29 is 9.90 Å². The van der Waals surface area contributed by atoms with Gasteiger partial charge in [-0.2, -0.15) is 11.3 Å². The molecule has 0 aliphatic carbocycles. The second-order valence-corrected chi connectivity index (χ2v) is 8.14.